The lowest BCUT2D eigenvalue weighted by molar-refractivity contribution is 0.198. The first kappa shape index (κ1) is 10.9. The highest BCUT2D eigenvalue weighted by atomic mass is 35.5. The van der Waals surface area contributed by atoms with E-state index in [4.69, 9.17) is 22.1 Å². The van der Waals surface area contributed by atoms with Crippen LogP contribution in [0.5, 0.6) is 0 Å². The van der Waals surface area contributed by atoms with Gasteiger partial charge in [-0.1, -0.05) is 11.6 Å². The van der Waals surface area contributed by atoms with Crippen LogP contribution in [0.4, 0.5) is 0 Å². The van der Waals surface area contributed by atoms with Crippen LogP contribution < -0.4 is 5.73 Å². The molecule has 84 valence electrons. The Hall–Kier alpha value is -0.580. The number of hydrogen-bond acceptors (Lipinski definition) is 3. The van der Waals surface area contributed by atoms with Gasteiger partial charge in [0.15, 0.2) is 5.15 Å². The summed E-state index contributed by atoms with van der Waals surface area (Å²) in [7, 11) is 1.68. The van der Waals surface area contributed by atoms with E-state index >= 15 is 0 Å². The molecule has 1 aliphatic rings. The van der Waals surface area contributed by atoms with E-state index in [1.54, 1.807) is 7.11 Å². The molecule has 0 fully saturated rings. The molecule has 0 aliphatic carbocycles. The quantitative estimate of drug-likeness (QED) is 0.855. The molecule has 0 saturated heterocycles. The van der Waals surface area contributed by atoms with Gasteiger partial charge in [0.05, 0.1) is 18.5 Å². The summed E-state index contributed by atoms with van der Waals surface area (Å²) in [5.74, 6) is 0.948. The van der Waals surface area contributed by atoms with E-state index in [1.807, 2.05) is 0 Å². The molecule has 0 spiro atoms. The average molecular weight is 230 g/mol. The van der Waals surface area contributed by atoms with Crippen LogP contribution in [-0.2, 0) is 17.6 Å². The Morgan fingerprint density at radius 2 is 2.47 bits per heavy atom. The predicted octanol–water partition coefficient (Wildman–Crippen LogP) is 1.52. The largest absolute Gasteiger partial charge is 0.384 e. The van der Waals surface area contributed by atoms with Gasteiger partial charge in [0, 0.05) is 13.5 Å². The maximum Gasteiger partial charge on any atom is 0.150 e. The standard InChI is InChI=1S/C10H16ClN3O/c1-15-6-5-9-13-10(11)7-3-2-4-8(12)14(7)9/h8H,2-6,12H2,1H3. The lowest BCUT2D eigenvalue weighted by Gasteiger charge is -2.23. The third-order valence-electron chi connectivity index (χ3n) is 2.81. The van der Waals surface area contributed by atoms with E-state index in [-0.39, 0.29) is 6.17 Å². The van der Waals surface area contributed by atoms with Gasteiger partial charge in [0.25, 0.3) is 0 Å². The summed E-state index contributed by atoms with van der Waals surface area (Å²) in [6.45, 7) is 0.652. The molecule has 1 unspecified atom stereocenters. The van der Waals surface area contributed by atoms with Crippen LogP contribution in [0.3, 0.4) is 0 Å². The summed E-state index contributed by atoms with van der Waals surface area (Å²) in [6, 6.07) is 0. The van der Waals surface area contributed by atoms with Gasteiger partial charge in [0.1, 0.15) is 5.82 Å². The van der Waals surface area contributed by atoms with E-state index in [0.717, 1.165) is 37.2 Å². The number of imidazole rings is 1. The molecule has 2 heterocycles. The van der Waals surface area contributed by atoms with E-state index in [9.17, 15) is 0 Å². The molecule has 0 aromatic carbocycles. The molecular formula is C10H16ClN3O. The Morgan fingerprint density at radius 1 is 1.67 bits per heavy atom. The molecule has 0 saturated carbocycles. The van der Waals surface area contributed by atoms with Crippen molar-refractivity contribution in [3.63, 3.8) is 0 Å². The van der Waals surface area contributed by atoms with Crippen LogP contribution in [0, 0.1) is 0 Å². The minimum absolute atomic E-state index is 0.0283. The second-order valence-electron chi connectivity index (χ2n) is 3.84. The van der Waals surface area contributed by atoms with E-state index < -0.39 is 0 Å². The number of fused-ring (bicyclic) bond motifs is 1. The molecule has 4 nitrogen and oxygen atoms in total. The van der Waals surface area contributed by atoms with Gasteiger partial charge in [-0.25, -0.2) is 4.98 Å². The minimum atomic E-state index is 0.0283. The van der Waals surface area contributed by atoms with Crippen molar-refractivity contribution in [3.8, 4) is 0 Å². The Bertz CT molecular complexity index is 351. The lowest BCUT2D eigenvalue weighted by atomic mass is 10.1. The Balaban J connectivity index is 2.30. The molecule has 5 heteroatoms. The van der Waals surface area contributed by atoms with Crippen molar-refractivity contribution in [1.82, 2.24) is 9.55 Å². The fourth-order valence-electron chi connectivity index (χ4n) is 2.08. The van der Waals surface area contributed by atoms with Crippen LogP contribution >= 0.6 is 11.6 Å². The first-order valence-electron chi connectivity index (χ1n) is 5.24. The third-order valence-corrected chi connectivity index (χ3v) is 3.11. The van der Waals surface area contributed by atoms with Crippen LogP contribution in [0.25, 0.3) is 0 Å². The molecule has 0 bridgehead atoms. The minimum Gasteiger partial charge on any atom is -0.384 e. The summed E-state index contributed by atoms with van der Waals surface area (Å²) in [5.41, 5.74) is 7.14. The topological polar surface area (TPSA) is 53.1 Å². The van der Waals surface area contributed by atoms with E-state index in [2.05, 4.69) is 9.55 Å². The van der Waals surface area contributed by atoms with Gasteiger partial charge in [-0.05, 0) is 19.3 Å². The summed E-state index contributed by atoms with van der Waals surface area (Å²) in [5, 5.41) is 0.608. The number of nitrogens with zero attached hydrogens (tertiary/aromatic N) is 2. The van der Waals surface area contributed by atoms with Crippen LogP contribution in [0.1, 0.15) is 30.5 Å². The summed E-state index contributed by atoms with van der Waals surface area (Å²) in [6.07, 6.45) is 3.87. The number of methoxy groups -OCH3 is 1. The molecule has 15 heavy (non-hydrogen) atoms. The van der Waals surface area contributed by atoms with Gasteiger partial charge in [-0.3, -0.25) is 0 Å². The highest BCUT2D eigenvalue weighted by Gasteiger charge is 2.23. The van der Waals surface area contributed by atoms with Crippen molar-refractivity contribution >= 4 is 11.6 Å². The van der Waals surface area contributed by atoms with Crippen molar-refractivity contribution in [2.75, 3.05) is 13.7 Å². The molecule has 0 amide bonds. The lowest BCUT2D eigenvalue weighted by Crippen LogP contribution is -2.26. The second-order valence-corrected chi connectivity index (χ2v) is 4.20. The summed E-state index contributed by atoms with van der Waals surface area (Å²) >= 11 is 6.08. The van der Waals surface area contributed by atoms with Gasteiger partial charge in [0.2, 0.25) is 0 Å². The van der Waals surface area contributed by atoms with Gasteiger partial charge in [-0.2, -0.15) is 0 Å². The predicted molar refractivity (Wildman–Crippen MR) is 59.0 cm³/mol. The first-order chi connectivity index (χ1) is 7.24. The Labute approximate surface area is 94.4 Å². The van der Waals surface area contributed by atoms with Crippen molar-refractivity contribution in [1.29, 1.82) is 0 Å². The molecule has 1 aliphatic heterocycles. The maximum atomic E-state index is 6.08. The van der Waals surface area contributed by atoms with Gasteiger partial charge < -0.3 is 15.0 Å². The molecule has 1 aromatic heterocycles. The maximum absolute atomic E-state index is 6.08. The highest BCUT2D eigenvalue weighted by Crippen LogP contribution is 2.28. The van der Waals surface area contributed by atoms with Crippen LogP contribution in [-0.4, -0.2) is 23.3 Å². The monoisotopic (exact) mass is 229 g/mol. The van der Waals surface area contributed by atoms with Crippen molar-refractivity contribution in [2.45, 2.75) is 31.8 Å². The average Bonchev–Trinajstić information content (AvgIpc) is 2.55. The van der Waals surface area contributed by atoms with Crippen molar-refractivity contribution in [2.24, 2.45) is 5.73 Å². The number of rotatable bonds is 3. The first-order valence-corrected chi connectivity index (χ1v) is 5.62. The number of nitrogens with two attached hydrogens (primary N) is 1. The van der Waals surface area contributed by atoms with Crippen LogP contribution in [0.2, 0.25) is 5.15 Å². The second kappa shape index (κ2) is 4.51. The molecule has 2 rings (SSSR count). The zero-order chi connectivity index (χ0) is 10.8. The fraction of sp³-hybridized carbons (Fsp3) is 0.700. The number of halogens is 1. The number of hydrogen-bond donors (Lipinski definition) is 1. The van der Waals surface area contributed by atoms with Crippen LogP contribution in [0.15, 0.2) is 0 Å². The highest BCUT2D eigenvalue weighted by molar-refractivity contribution is 6.30. The van der Waals surface area contributed by atoms with Gasteiger partial charge >= 0.3 is 0 Å². The molecule has 1 atom stereocenters. The summed E-state index contributed by atoms with van der Waals surface area (Å²) in [4.78, 5) is 4.35. The van der Waals surface area contributed by atoms with Gasteiger partial charge in [-0.15, -0.1) is 0 Å². The number of aromatic nitrogens is 2. The zero-order valence-electron chi connectivity index (χ0n) is 8.87. The summed E-state index contributed by atoms with van der Waals surface area (Å²) < 4.78 is 7.12. The molecule has 2 N–H and O–H groups in total. The zero-order valence-corrected chi connectivity index (χ0v) is 9.63. The van der Waals surface area contributed by atoms with Crippen molar-refractivity contribution in [3.05, 3.63) is 16.7 Å². The normalized spacial score (nSPS) is 20.3. The van der Waals surface area contributed by atoms with E-state index in [0.29, 0.717) is 11.8 Å². The smallest absolute Gasteiger partial charge is 0.150 e. The van der Waals surface area contributed by atoms with Crippen molar-refractivity contribution < 1.29 is 4.74 Å². The third kappa shape index (κ3) is 2.02. The van der Waals surface area contributed by atoms with E-state index in [1.165, 1.54) is 0 Å². The molecule has 0 radical (unpaired) electrons. The Morgan fingerprint density at radius 3 is 3.20 bits per heavy atom. The molecule has 1 aromatic rings. The molecular weight excluding hydrogens is 214 g/mol. The fourth-order valence-corrected chi connectivity index (χ4v) is 2.36. The number of ether oxygens (including phenoxy) is 1. The SMILES string of the molecule is COCCc1nc(Cl)c2n1C(N)CCC2. The Kier molecular flexibility index (Phi) is 3.29.